The van der Waals surface area contributed by atoms with Crippen LogP contribution < -0.4 is 15.5 Å². The molecule has 7 nitrogen and oxygen atoms in total. The molecule has 1 aromatic carbocycles. The number of nitrogens with one attached hydrogen (secondary N) is 2. The molecule has 0 unspecified atom stereocenters. The van der Waals surface area contributed by atoms with E-state index in [0.717, 1.165) is 57.2 Å². The number of nitrogens with zero attached hydrogens (tertiary/aromatic N) is 4. The van der Waals surface area contributed by atoms with Crippen molar-refractivity contribution >= 4 is 17.7 Å². The zero-order chi connectivity index (χ0) is 18.5. The molecule has 1 aliphatic carbocycles. The van der Waals surface area contributed by atoms with Gasteiger partial charge in [-0.05, 0) is 48.6 Å². The number of piperazine rings is 1. The molecule has 2 amide bonds. The molecule has 0 bridgehead atoms. The van der Waals surface area contributed by atoms with Crippen LogP contribution in [0.25, 0.3) is 0 Å². The minimum atomic E-state index is -0.135. The summed E-state index contributed by atoms with van der Waals surface area (Å²) < 4.78 is 0. The number of aromatic nitrogens is 2. The van der Waals surface area contributed by atoms with Gasteiger partial charge in [0.25, 0.3) is 0 Å². The summed E-state index contributed by atoms with van der Waals surface area (Å²) in [6, 6.07) is 7.93. The van der Waals surface area contributed by atoms with E-state index < -0.39 is 0 Å². The highest BCUT2D eigenvalue weighted by Gasteiger charge is 2.18. The Morgan fingerprint density at radius 3 is 2.63 bits per heavy atom. The van der Waals surface area contributed by atoms with Crippen molar-refractivity contribution in [2.24, 2.45) is 0 Å². The van der Waals surface area contributed by atoms with Gasteiger partial charge in [-0.25, -0.2) is 14.8 Å². The van der Waals surface area contributed by atoms with Gasteiger partial charge in [0, 0.05) is 57.3 Å². The Labute approximate surface area is 159 Å². The summed E-state index contributed by atoms with van der Waals surface area (Å²) in [5.74, 6) is 0.795. The van der Waals surface area contributed by atoms with Crippen LogP contribution in [0, 0.1) is 0 Å². The Morgan fingerprint density at radius 1 is 1.04 bits per heavy atom. The highest BCUT2D eigenvalue weighted by atomic mass is 16.2. The number of carbonyl (C=O) groups is 1. The first-order chi connectivity index (χ1) is 13.3. The Bertz CT molecular complexity index is 773. The molecule has 142 valence electrons. The van der Waals surface area contributed by atoms with Gasteiger partial charge in [-0.1, -0.05) is 6.07 Å². The third-order valence-electron chi connectivity index (χ3n) is 5.28. The van der Waals surface area contributed by atoms with Crippen LogP contribution in [-0.2, 0) is 12.8 Å². The summed E-state index contributed by atoms with van der Waals surface area (Å²) in [5.41, 5.74) is 3.67. The van der Waals surface area contributed by atoms with Gasteiger partial charge in [-0.2, -0.15) is 0 Å². The minimum Gasteiger partial charge on any atom is -0.338 e. The fourth-order valence-electron chi connectivity index (χ4n) is 3.78. The summed E-state index contributed by atoms with van der Waals surface area (Å²) >= 11 is 0. The summed E-state index contributed by atoms with van der Waals surface area (Å²) in [4.78, 5) is 25.3. The number of carbonyl (C=O) groups excluding carboxylic acids is 1. The number of fused-ring (bicyclic) bond motifs is 1. The van der Waals surface area contributed by atoms with Crippen LogP contribution in [0.4, 0.5) is 16.4 Å². The van der Waals surface area contributed by atoms with Crippen molar-refractivity contribution in [3.63, 3.8) is 0 Å². The molecule has 1 aromatic heterocycles. The molecule has 1 aliphatic heterocycles. The maximum atomic E-state index is 12.1. The lowest BCUT2D eigenvalue weighted by Gasteiger charge is -2.34. The molecular formula is C20H26N6O. The summed E-state index contributed by atoms with van der Waals surface area (Å²) in [6.45, 7) is 5.20. The monoisotopic (exact) mass is 366 g/mol. The molecular weight excluding hydrogens is 340 g/mol. The lowest BCUT2D eigenvalue weighted by Crippen LogP contribution is -2.49. The second kappa shape index (κ2) is 8.35. The van der Waals surface area contributed by atoms with E-state index in [2.05, 4.69) is 42.5 Å². The van der Waals surface area contributed by atoms with E-state index in [0.29, 0.717) is 6.54 Å². The molecule has 7 heteroatoms. The van der Waals surface area contributed by atoms with Gasteiger partial charge in [-0.15, -0.1) is 0 Å². The average Bonchev–Trinajstić information content (AvgIpc) is 3.17. The van der Waals surface area contributed by atoms with Crippen molar-refractivity contribution in [3.8, 4) is 0 Å². The largest absolute Gasteiger partial charge is 0.338 e. The first kappa shape index (κ1) is 17.7. The summed E-state index contributed by atoms with van der Waals surface area (Å²) in [7, 11) is 0. The van der Waals surface area contributed by atoms with Gasteiger partial charge in [0.2, 0.25) is 5.95 Å². The summed E-state index contributed by atoms with van der Waals surface area (Å²) in [5, 5.41) is 5.90. The molecule has 2 heterocycles. The van der Waals surface area contributed by atoms with Crippen LogP contribution in [0.5, 0.6) is 0 Å². The fraction of sp³-hybridized carbons (Fsp3) is 0.450. The molecule has 0 spiro atoms. The van der Waals surface area contributed by atoms with Crippen LogP contribution >= 0.6 is 0 Å². The maximum Gasteiger partial charge on any atom is 0.319 e. The Morgan fingerprint density at radius 2 is 1.81 bits per heavy atom. The van der Waals surface area contributed by atoms with Crippen LogP contribution in [0.2, 0.25) is 0 Å². The SMILES string of the molecule is O=C(NCCN1CCN(c2ncccn2)CC1)Nc1ccc2c(c1)CCC2. The van der Waals surface area contributed by atoms with Crippen LogP contribution in [0.3, 0.4) is 0 Å². The zero-order valence-corrected chi connectivity index (χ0v) is 15.5. The number of hydrogen-bond acceptors (Lipinski definition) is 5. The van der Waals surface area contributed by atoms with E-state index >= 15 is 0 Å². The van der Waals surface area contributed by atoms with Gasteiger partial charge in [0.15, 0.2) is 0 Å². The van der Waals surface area contributed by atoms with Crippen molar-refractivity contribution in [1.82, 2.24) is 20.2 Å². The smallest absolute Gasteiger partial charge is 0.319 e. The second-order valence-corrected chi connectivity index (χ2v) is 7.10. The highest BCUT2D eigenvalue weighted by Crippen LogP contribution is 2.24. The molecule has 2 N–H and O–H groups in total. The Kier molecular flexibility index (Phi) is 5.48. The van der Waals surface area contributed by atoms with E-state index in [4.69, 9.17) is 0 Å². The first-order valence-electron chi connectivity index (χ1n) is 9.69. The first-order valence-corrected chi connectivity index (χ1v) is 9.69. The van der Waals surface area contributed by atoms with E-state index in [1.54, 1.807) is 12.4 Å². The fourth-order valence-corrected chi connectivity index (χ4v) is 3.78. The number of aryl methyl sites for hydroxylation is 2. The minimum absolute atomic E-state index is 0.135. The van der Waals surface area contributed by atoms with Crippen LogP contribution in [0.15, 0.2) is 36.7 Å². The quantitative estimate of drug-likeness (QED) is 0.846. The van der Waals surface area contributed by atoms with Crippen molar-refractivity contribution < 1.29 is 4.79 Å². The van der Waals surface area contributed by atoms with E-state index in [9.17, 15) is 4.79 Å². The maximum absolute atomic E-state index is 12.1. The molecule has 27 heavy (non-hydrogen) atoms. The van der Waals surface area contributed by atoms with E-state index in [1.165, 1.54) is 17.5 Å². The molecule has 0 saturated carbocycles. The van der Waals surface area contributed by atoms with E-state index in [1.807, 2.05) is 12.1 Å². The van der Waals surface area contributed by atoms with Gasteiger partial charge < -0.3 is 15.5 Å². The standard InChI is InChI=1S/C20H26N6O/c27-20(24-18-6-5-16-3-1-4-17(16)15-18)23-9-10-25-11-13-26(14-12-25)19-21-7-2-8-22-19/h2,5-8,15H,1,3-4,9-14H2,(H2,23,24,27). The van der Waals surface area contributed by atoms with Crippen molar-refractivity contribution in [3.05, 3.63) is 47.8 Å². The van der Waals surface area contributed by atoms with Crippen LogP contribution in [-0.4, -0.2) is 60.2 Å². The van der Waals surface area contributed by atoms with E-state index in [-0.39, 0.29) is 6.03 Å². The average molecular weight is 366 g/mol. The predicted molar refractivity (Wildman–Crippen MR) is 106 cm³/mol. The van der Waals surface area contributed by atoms with Gasteiger partial charge in [0.1, 0.15) is 0 Å². The van der Waals surface area contributed by atoms with Crippen LogP contribution in [0.1, 0.15) is 17.5 Å². The molecule has 2 aliphatic rings. The number of benzene rings is 1. The lowest BCUT2D eigenvalue weighted by atomic mass is 10.1. The topological polar surface area (TPSA) is 73.4 Å². The third kappa shape index (κ3) is 4.54. The highest BCUT2D eigenvalue weighted by molar-refractivity contribution is 5.89. The number of anilines is 2. The predicted octanol–water partition coefficient (Wildman–Crippen LogP) is 1.91. The van der Waals surface area contributed by atoms with Gasteiger partial charge in [0.05, 0.1) is 0 Å². The molecule has 1 saturated heterocycles. The van der Waals surface area contributed by atoms with Gasteiger partial charge >= 0.3 is 6.03 Å². The molecule has 1 fully saturated rings. The normalized spacial score (nSPS) is 16.8. The number of amides is 2. The molecule has 2 aromatic rings. The summed E-state index contributed by atoms with van der Waals surface area (Å²) in [6.07, 6.45) is 7.04. The Hall–Kier alpha value is -2.67. The molecule has 0 radical (unpaired) electrons. The number of hydrogen-bond donors (Lipinski definition) is 2. The number of rotatable bonds is 5. The van der Waals surface area contributed by atoms with Crippen molar-refractivity contribution in [2.45, 2.75) is 19.3 Å². The zero-order valence-electron chi connectivity index (χ0n) is 15.5. The van der Waals surface area contributed by atoms with Gasteiger partial charge in [-0.3, -0.25) is 4.90 Å². The third-order valence-corrected chi connectivity index (χ3v) is 5.28. The number of urea groups is 1. The van der Waals surface area contributed by atoms with Crippen molar-refractivity contribution in [2.75, 3.05) is 49.5 Å². The Balaban J connectivity index is 1.16. The lowest BCUT2D eigenvalue weighted by molar-refractivity contribution is 0.240. The van der Waals surface area contributed by atoms with Crippen molar-refractivity contribution in [1.29, 1.82) is 0 Å². The molecule has 0 atom stereocenters. The second-order valence-electron chi connectivity index (χ2n) is 7.10. The molecule has 4 rings (SSSR count).